The predicted molar refractivity (Wildman–Crippen MR) is 66.8 cm³/mol. The van der Waals surface area contributed by atoms with Gasteiger partial charge in [-0.3, -0.25) is 14.8 Å². The Morgan fingerprint density at radius 2 is 1.82 bits per heavy atom. The molecule has 3 rings (SSSR count). The number of rotatable bonds is 1. The number of fused-ring (bicyclic) bond motifs is 1. The summed E-state index contributed by atoms with van der Waals surface area (Å²) in [5, 5.41) is 0. The number of nitrogens with zero attached hydrogens (tertiary/aromatic N) is 2. The first-order valence-corrected chi connectivity index (χ1v) is 5.45. The van der Waals surface area contributed by atoms with Crippen LogP contribution in [0.4, 0.5) is 5.69 Å². The van der Waals surface area contributed by atoms with Crippen LogP contribution in [0.1, 0.15) is 16.8 Å². The van der Waals surface area contributed by atoms with Gasteiger partial charge in [0.1, 0.15) is 0 Å². The summed E-state index contributed by atoms with van der Waals surface area (Å²) in [7, 11) is 0. The maximum Gasteiger partial charge on any atom is 0.170 e. The average Bonchev–Trinajstić information content (AvgIpc) is 2.40. The van der Waals surface area contributed by atoms with Crippen molar-refractivity contribution in [2.24, 2.45) is 4.99 Å². The highest BCUT2D eigenvalue weighted by molar-refractivity contribution is 6.10. The van der Waals surface area contributed by atoms with Gasteiger partial charge in [0.25, 0.3) is 0 Å². The second-order valence-electron chi connectivity index (χ2n) is 3.91. The van der Waals surface area contributed by atoms with E-state index in [-0.39, 0.29) is 5.78 Å². The SMILES string of the molecule is O=C1CC=Nc2cc(-c3ccncc3)ccc21. The summed E-state index contributed by atoms with van der Waals surface area (Å²) in [6.07, 6.45) is 5.58. The highest BCUT2D eigenvalue weighted by atomic mass is 16.1. The van der Waals surface area contributed by atoms with Gasteiger partial charge in [-0.1, -0.05) is 6.07 Å². The Balaban J connectivity index is 2.11. The van der Waals surface area contributed by atoms with Crippen molar-refractivity contribution in [2.75, 3.05) is 0 Å². The second-order valence-corrected chi connectivity index (χ2v) is 3.91. The first-order chi connectivity index (χ1) is 8.34. The first-order valence-electron chi connectivity index (χ1n) is 5.45. The zero-order valence-electron chi connectivity index (χ0n) is 9.13. The molecule has 0 unspecified atom stereocenters. The van der Waals surface area contributed by atoms with E-state index in [2.05, 4.69) is 9.98 Å². The summed E-state index contributed by atoms with van der Waals surface area (Å²) >= 11 is 0. The Bertz CT molecular complexity index is 603. The number of carbonyl (C=O) groups excluding carboxylic acids is 1. The van der Waals surface area contributed by atoms with Crippen molar-refractivity contribution in [1.82, 2.24) is 4.98 Å². The van der Waals surface area contributed by atoms with Crippen molar-refractivity contribution in [3.05, 3.63) is 48.3 Å². The third kappa shape index (κ3) is 1.76. The van der Waals surface area contributed by atoms with Crippen molar-refractivity contribution in [1.29, 1.82) is 0 Å². The lowest BCUT2D eigenvalue weighted by molar-refractivity contribution is 0.100. The van der Waals surface area contributed by atoms with Crippen molar-refractivity contribution in [3.8, 4) is 11.1 Å². The Labute approximate surface area is 98.9 Å². The number of aliphatic imine (C=N–C) groups is 1. The maximum absolute atomic E-state index is 11.6. The summed E-state index contributed by atoms with van der Waals surface area (Å²) in [6, 6.07) is 9.63. The molecule has 2 heterocycles. The number of pyridine rings is 1. The topological polar surface area (TPSA) is 42.3 Å². The monoisotopic (exact) mass is 222 g/mol. The number of aromatic nitrogens is 1. The smallest absolute Gasteiger partial charge is 0.170 e. The van der Waals surface area contributed by atoms with Gasteiger partial charge in [0.05, 0.1) is 5.69 Å². The summed E-state index contributed by atoms with van der Waals surface area (Å²) in [5.74, 6) is 0.135. The zero-order valence-corrected chi connectivity index (χ0v) is 9.13. The van der Waals surface area contributed by atoms with E-state index in [1.807, 2.05) is 30.3 Å². The molecule has 3 nitrogen and oxygen atoms in total. The Hall–Kier alpha value is -2.29. The molecule has 1 aromatic carbocycles. The van der Waals surface area contributed by atoms with Gasteiger partial charge in [0.15, 0.2) is 5.78 Å². The molecule has 0 saturated heterocycles. The van der Waals surface area contributed by atoms with Crippen LogP contribution in [-0.4, -0.2) is 17.0 Å². The summed E-state index contributed by atoms with van der Waals surface area (Å²) < 4.78 is 0. The molecule has 0 bridgehead atoms. The van der Waals surface area contributed by atoms with Crippen LogP contribution in [0.2, 0.25) is 0 Å². The van der Waals surface area contributed by atoms with Crippen LogP contribution in [0, 0.1) is 0 Å². The number of carbonyl (C=O) groups is 1. The minimum absolute atomic E-state index is 0.135. The fourth-order valence-corrected chi connectivity index (χ4v) is 1.94. The minimum Gasteiger partial charge on any atom is -0.294 e. The molecule has 0 fully saturated rings. The van der Waals surface area contributed by atoms with Crippen LogP contribution >= 0.6 is 0 Å². The van der Waals surface area contributed by atoms with Crippen LogP contribution in [-0.2, 0) is 0 Å². The Morgan fingerprint density at radius 1 is 1.00 bits per heavy atom. The van der Waals surface area contributed by atoms with Crippen LogP contribution in [0.15, 0.2) is 47.7 Å². The van der Waals surface area contributed by atoms with E-state index in [1.54, 1.807) is 18.6 Å². The highest BCUT2D eigenvalue weighted by Crippen LogP contribution is 2.29. The van der Waals surface area contributed by atoms with Crippen molar-refractivity contribution < 1.29 is 4.79 Å². The molecular weight excluding hydrogens is 212 g/mol. The Kier molecular flexibility index (Phi) is 2.29. The summed E-state index contributed by atoms with van der Waals surface area (Å²) in [5.41, 5.74) is 3.61. The minimum atomic E-state index is 0.135. The molecule has 0 saturated carbocycles. The lowest BCUT2D eigenvalue weighted by Gasteiger charge is -2.10. The molecule has 0 aliphatic carbocycles. The molecule has 0 amide bonds. The van der Waals surface area contributed by atoms with Gasteiger partial charge < -0.3 is 0 Å². The van der Waals surface area contributed by atoms with Gasteiger partial charge in [-0.2, -0.15) is 0 Å². The molecular formula is C14H10N2O. The van der Waals surface area contributed by atoms with Gasteiger partial charge >= 0.3 is 0 Å². The van der Waals surface area contributed by atoms with Crippen molar-refractivity contribution in [2.45, 2.75) is 6.42 Å². The number of benzene rings is 1. The molecule has 82 valence electrons. The summed E-state index contributed by atoms with van der Waals surface area (Å²) in [4.78, 5) is 19.9. The first kappa shape index (κ1) is 9.90. The Morgan fingerprint density at radius 3 is 2.65 bits per heavy atom. The van der Waals surface area contributed by atoms with Crippen LogP contribution in [0.25, 0.3) is 11.1 Å². The van der Waals surface area contributed by atoms with E-state index in [0.29, 0.717) is 12.0 Å². The van der Waals surface area contributed by atoms with Crippen LogP contribution in [0.3, 0.4) is 0 Å². The van der Waals surface area contributed by atoms with Crippen LogP contribution in [0.5, 0.6) is 0 Å². The second kappa shape index (κ2) is 3.94. The fraction of sp³-hybridized carbons (Fsp3) is 0.0714. The maximum atomic E-state index is 11.6. The molecule has 0 radical (unpaired) electrons. The average molecular weight is 222 g/mol. The normalized spacial score (nSPS) is 13.5. The molecule has 1 aromatic heterocycles. The van der Waals surface area contributed by atoms with Crippen molar-refractivity contribution in [3.63, 3.8) is 0 Å². The van der Waals surface area contributed by atoms with E-state index in [0.717, 1.165) is 16.8 Å². The van der Waals surface area contributed by atoms with E-state index in [1.165, 1.54) is 0 Å². The van der Waals surface area contributed by atoms with E-state index in [4.69, 9.17) is 0 Å². The third-order valence-corrected chi connectivity index (χ3v) is 2.82. The molecule has 3 heteroatoms. The molecule has 0 atom stereocenters. The van der Waals surface area contributed by atoms with Gasteiger partial charge in [-0.05, 0) is 35.4 Å². The molecule has 17 heavy (non-hydrogen) atoms. The third-order valence-electron chi connectivity index (χ3n) is 2.82. The number of hydrogen-bond acceptors (Lipinski definition) is 3. The quantitative estimate of drug-likeness (QED) is 0.744. The largest absolute Gasteiger partial charge is 0.294 e. The number of Topliss-reactive ketones (excluding diaryl/α,β-unsaturated/α-hetero) is 1. The van der Waals surface area contributed by atoms with E-state index >= 15 is 0 Å². The lowest BCUT2D eigenvalue weighted by Crippen LogP contribution is -2.04. The van der Waals surface area contributed by atoms with Gasteiger partial charge in [-0.15, -0.1) is 0 Å². The fourth-order valence-electron chi connectivity index (χ4n) is 1.94. The number of hydrogen-bond donors (Lipinski definition) is 0. The molecule has 0 spiro atoms. The zero-order chi connectivity index (χ0) is 11.7. The van der Waals surface area contributed by atoms with Crippen molar-refractivity contribution >= 4 is 17.7 Å². The van der Waals surface area contributed by atoms with Crippen LogP contribution < -0.4 is 0 Å². The standard InChI is InChI=1S/C14H10N2O/c17-14-5-8-16-13-9-11(1-2-12(13)14)10-3-6-15-7-4-10/h1-4,6-9H,5H2. The molecule has 2 aromatic rings. The van der Waals surface area contributed by atoms with Gasteiger partial charge in [-0.25, -0.2) is 0 Å². The molecule has 0 N–H and O–H groups in total. The van der Waals surface area contributed by atoms with E-state index in [9.17, 15) is 4.79 Å². The molecule has 1 aliphatic rings. The predicted octanol–water partition coefficient (Wildman–Crippen LogP) is 3.04. The number of ketones is 1. The molecule has 1 aliphatic heterocycles. The van der Waals surface area contributed by atoms with E-state index < -0.39 is 0 Å². The highest BCUT2D eigenvalue weighted by Gasteiger charge is 2.14. The van der Waals surface area contributed by atoms with Gasteiger partial charge in [0.2, 0.25) is 0 Å². The van der Waals surface area contributed by atoms with Gasteiger partial charge in [0, 0.05) is 30.6 Å². The summed E-state index contributed by atoms with van der Waals surface area (Å²) in [6.45, 7) is 0. The lowest BCUT2D eigenvalue weighted by atomic mass is 9.99.